The monoisotopic (exact) mass is 381 g/mol. The van der Waals surface area contributed by atoms with Crippen molar-refractivity contribution >= 4 is 17.7 Å². The molecule has 2 aromatic carbocycles. The Morgan fingerprint density at radius 2 is 1.39 bits per heavy atom. The number of rotatable bonds is 5. The minimum Gasteiger partial charge on any atom is -0.508 e. The van der Waals surface area contributed by atoms with Crippen molar-refractivity contribution < 1.29 is 19.5 Å². The Morgan fingerprint density at radius 1 is 0.821 bits per heavy atom. The van der Waals surface area contributed by atoms with Gasteiger partial charge >= 0.3 is 0 Å². The molecule has 0 aliphatic carbocycles. The van der Waals surface area contributed by atoms with E-state index in [9.17, 15) is 19.5 Å². The molecule has 0 saturated carbocycles. The topological polar surface area (TPSA) is 90.0 Å². The summed E-state index contributed by atoms with van der Waals surface area (Å²) in [6, 6.07) is 15.4. The number of aromatic hydroxyl groups is 1. The van der Waals surface area contributed by atoms with Gasteiger partial charge in [-0.1, -0.05) is 30.3 Å². The molecule has 1 heterocycles. The number of phenolic OH excluding ortho intramolecular Hbond substituents is 1. The fraction of sp³-hybridized carbons (Fsp3) is 0.286. The molecule has 1 fully saturated rings. The first kappa shape index (κ1) is 19.4. The van der Waals surface area contributed by atoms with Gasteiger partial charge in [0.25, 0.3) is 5.91 Å². The summed E-state index contributed by atoms with van der Waals surface area (Å²) in [4.78, 5) is 40.2. The number of phenols is 1. The van der Waals surface area contributed by atoms with Crippen molar-refractivity contribution in [2.24, 2.45) is 0 Å². The molecule has 146 valence electrons. The van der Waals surface area contributed by atoms with Crippen molar-refractivity contribution in [1.82, 2.24) is 15.1 Å². The molecule has 3 amide bonds. The lowest BCUT2D eigenvalue weighted by molar-refractivity contribution is -0.138. The molecule has 2 N–H and O–H groups in total. The van der Waals surface area contributed by atoms with Crippen LogP contribution in [0.5, 0.6) is 5.75 Å². The summed E-state index contributed by atoms with van der Waals surface area (Å²) >= 11 is 0. The van der Waals surface area contributed by atoms with Gasteiger partial charge in [0.15, 0.2) is 0 Å². The summed E-state index contributed by atoms with van der Waals surface area (Å²) in [5.74, 6) is -0.418. The number of hydrogen-bond donors (Lipinski definition) is 2. The molecule has 0 bridgehead atoms. The van der Waals surface area contributed by atoms with Gasteiger partial charge in [0, 0.05) is 31.7 Å². The van der Waals surface area contributed by atoms with Gasteiger partial charge in [-0.25, -0.2) is 0 Å². The van der Waals surface area contributed by atoms with Crippen molar-refractivity contribution in [2.75, 3.05) is 32.7 Å². The lowest BCUT2D eigenvalue weighted by Gasteiger charge is -2.35. The van der Waals surface area contributed by atoms with Crippen LogP contribution in [0.15, 0.2) is 54.6 Å². The highest BCUT2D eigenvalue weighted by Gasteiger charge is 2.24. The van der Waals surface area contributed by atoms with E-state index in [0.29, 0.717) is 38.2 Å². The van der Waals surface area contributed by atoms with Crippen LogP contribution in [0.25, 0.3) is 0 Å². The highest BCUT2D eigenvalue weighted by molar-refractivity contribution is 5.96. The van der Waals surface area contributed by atoms with E-state index in [4.69, 9.17) is 0 Å². The van der Waals surface area contributed by atoms with Crippen molar-refractivity contribution in [2.45, 2.75) is 6.42 Å². The van der Waals surface area contributed by atoms with E-state index < -0.39 is 0 Å². The fourth-order valence-electron chi connectivity index (χ4n) is 3.07. The minimum atomic E-state index is -0.370. The van der Waals surface area contributed by atoms with Crippen molar-refractivity contribution in [3.05, 3.63) is 65.7 Å². The first-order valence-electron chi connectivity index (χ1n) is 9.19. The van der Waals surface area contributed by atoms with E-state index in [2.05, 4.69) is 5.32 Å². The molecule has 0 unspecified atom stereocenters. The van der Waals surface area contributed by atoms with Crippen LogP contribution in [0.2, 0.25) is 0 Å². The van der Waals surface area contributed by atoms with Crippen LogP contribution in [-0.2, 0) is 16.0 Å². The molecule has 1 saturated heterocycles. The number of nitrogens with one attached hydrogen (secondary N) is 1. The second-order valence-corrected chi connectivity index (χ2v) is 6.65. The molecule has 1 aliphatic rings. The van der Waals surface area contributed by atoms with Crippen LogP contribution in [0, 0.1) is 0 Å². The van der Waals surface area contributed by atoms with Crippen LogP contribution in [0.4, 0.5) is 0 Å². The van der Waals surface area contributed by atoms with Gasteiger partial charge in [-0.3, -0.25) is 14.4 Å². The minimum absolute atomic E-state index is 0.0546. The summed E-state index contributed by atoms with van der Waals surface area (Å²) in [6.45, 7) is 1.78. The van der Waals surface area contributed by atoms with Gasteiger partial charge in [0.05, 0.1) is 13.0 Å². The number of carbonyl (C=O) groups is 3. The van der Waals surface area contributed by atoms with E-state index in [0.717, 1.165) is 5.56 Å². The van der Waals surface area contributed by atoms with Gasteiger partial charge in [-0.15, -0.1) is 0 Å². The first-order chi connectivity index (χ1) is 13.5. The molecule has 0 radical (unpaired) electrons. The smallest absolute Gasteiger partial charge is 0.251 e. The number of amides is 3. The maximum absolute atomic E-state index is 12.4. The Kier molecular flexibility index (Phi) is 6.26. The molecule has 7 heteroatoms. The Morgan fingerprint density at radius 3 is 2.00 bits per heavy atom. The normalized spacial score (nSPS) is 13.9. The van der Waals surface area contributed by atoms with Crippen molar-refractivity contribution in [3.8, 4) is 5.75 Å². The lowest BCUT2D eigenvalue weighted by Crippen LogP contribution is -2.52. The highest BCUT2D eigenvalue weighted by atomic mass is 16.3. The third-order valence-corrected chi connectivity index (χ3v) is 4.71. The van der Waals surface area contributed by atoms with Gasteiger partial charge in [-0.2, -0.15) is 0 Å². The summed E-state index contributed by atoms with van der Waals surface area (Å²) in [7, 11) is 0. The van der Waals surface area contributed by atoms with E-state index >= 15 is 0 Å². The largest absolute Gasteiger partial charge is 0.508 e. The molecule has 3 rings (SSSR count). The molecule has 28 heavy (non-hydrogen) atoms. The summed E-state index contributed by atoms with van der Waals surface area (Å²) < 4.78 is 0. The molecule has 7 nitrogen and oxygen atoms in total. The van der Waals surface area contributed by atoms with E-state index in [1.165, 1.54) is 24.3 Å². The molecule has 0 atom stereocenters. The van der Waals surface area contributed by atoms with Crippen LogP contribution >= 0.6 is 0 Å². The Balaban J connectivity index is 1.42. The maximum Gasteiger partial charge on any atom is 0.251 e. The first-order valence-corrected chi connectivity index (χ1v) is 9.19. The number of carbonyl (C=O) groups excluding carboxylic acids is 3. The Labute approximate surface area is 163 Å². The Hall–Kier alpha value is -3.35. The van der Waals surface area contributed by atoms with Gasteiger partial charge in [-0.05, 0) is 29.8 Å². The van der Waals surface area contributed by atoms with Crippen LogP contribution in [-0.4, -0.2) is 65.4 Å². The maximum atomic E-state index is 12.4. The Bertz CT molecular complexity index is 828. The molecule has 0 spiro atoms. The molecular formula is C21H23N3O4. The number of hydrogen-bond acceptors (Lipinski definition) is 4. The van der Waals surface area contributed by atoms with Crippen molar-refractivity contribution in [3.63, 3.8) is 0 Å². The zero-order valence-corrected chi connectivity index (χ0v) is 15.5. The van der Waals surface area contributed by atoms with Gasteiger partial charge < -0.3 is 20.2 Å². The van der Waals surface area contributed by atoms with Crippen LogP contribution in [0.3, 0.4) is 0 Å². The third-order valence-electron chi connectivity index (χ3n) is 4.71. The van der Waals surface area contributed by atoms with Gasteiger partial charge in [0.1, 0.15) is 5.75 Å². The van der Waals surface area contributed by atoms with Gasteiger partial charge in [0.2, 0.25) is 11.8 Å². The zero-order chi connectivity index (χ0) is 19.9. The molecule has 2 aromatic rings. The predicted octanol–water partition coefficient (Wildman–Crippen LogP) is 1.04. The molecule has 1 aliphatic heterocycles. The number of nitrogens with zero attached hydrogens (tertiary/aromatic N) is 2. The van der Waals surface area contributed by atoms with E-state index in [1.807, 2.05) is 30.3 Å². The molecule has 0 aromatic heterocycles. The fourth-order valence-corrected chi connectivity index (χ4v) is 3.07. The van der Waals surface area contributed by atoms with Crippen LogP contribution in [0.1, 0.15) is 15.9 Å². The second-order valence-electron chi connectivity index (χ2n) is 6.65. The average molecular weight is 381 g/mol. The quantitative estimate of drug-likeness (QED) is 0.810. The average Bonchev–Trinajstić information content (AvgIpc) is 2.73. The highest BCUT2D eigenvalue weighted by Crippen LogP contribution is 2.10. The van der Waals surface area contributed by atoms with Crippen LogP contribution < -0.4 is 5.32 Å². The second kappa shape index (κ2) is 9.03. The predicted molar refractivity (Wildman–Crippen MR) is 104 cm³/mol. The summed E-state index contributed by atoms with van der Waals surface area (Å²) in [6.07, 6.45) is 0.359. The number of benzene rings is 2. The third kappa shape index (κ3) is 5.09. The van der Waals surface area contributed by atoms with E-state index in [1.54, 1.807) is 9.80 Å². The van der Waals surface area contributed by atoms with E-state index in [-0.39, 0.29) is 30.0 Å². The molecular weight excluding hydrogens is 358 g/mol. The number of piperazine rings is 1. The summed E-state index contributed by atoms with van der Waals surface area (Å²) in [5, 5.41) is 11.8. The lowest BCUT2D eigenvalue weighted by atomic mass is 10.1. The zero-order valence-electron chi connectivity index (χ0n) is 15.5. The van der Waals surface area contributed by atoms with Crippen molar-refractivity contribution in [1.29, 1.82) is 0 Å². The SMILES string of the molecule is O=C(NCC(=O)N1CCN(C(=O)Cc2ccccc2)CC1)c1ccc(O)cc1. The summed E-state index contributed by atoms with van der Waals surface area (Å²) in [5.41, 5.74) is 1.35. The standard InChI is InChI=1S/C21H23N3O4/c25-18-8-6-17(7-9-18)21(28)22-15-20(27)24-12-10-23(11-13-24)19(26)14-16-4-2-1-3-5-16/h1-9,25H,10-15H2,(H,22,28).